The number of carbonyl (C=O) groups excluding carboxylic acids is 1. The van der Waals surface area contributed by atoms with Crippen LogP contribution in [-0.4, -0.2) is 15.6 Å². The Morgan fingerprint density at radius 1 is 1.48 bits per heavy atom. The van der Waals surface area contributed by atoms with E-state index in [-0.39, 0.29) is 5.56 Å². The molecule has 3 aromatic rings. The van der Waals surface area contributed by atoms with Gasteiger partial charge in [0.25, 0.3) is 5.91 Å². The number of amides is 1. The molecule has 0 bridgehead atoms. The van der Waals surface area contributed by atoms with Crippen LogP contribution < -0.4 is 10.9 Å². The number of nitrogens with one attached hydrogen (secondary N) is 1. The number of benzene rings is 1. The van der Waals surface area contributed by atoms with E-state index < -0.39 is 11.5 Å². The Kier molecular flexibility index (Phi) is 3.30. The van der Waals surface area contributed by atoms with Crippen molar-refractivity contribution in [3.63, 3.8) is 0 Å². The highest BCUT2D eigenvalue weighted by molar-refractivity contribution is 7.22. The molecule has 0 spiro atoms. The molecular formula is C13H10ClN3O3S. The van der Waals surface area contributed by atoms with Gasteiger partial charge in [-0.2, -0.15) is 0 Å². The minimum Gasteiger partial charge on any atom is -0.336 e. The van der Waals surface area contributed by atoms with E-state index in [4.69, 9.17) is 16.1 Å². The smallest absolute Gasteiger partial charge is 0.336 e. The van der Waals surface area contributed by atoms with Crippen LogP contribution in [0.5, 0.6) is 0 Å². The molecule has 0 saturated heterocycles. The summed E-state index contributed by atoms with van der Waals surface area (Å²) in [7, 11) is 1.56. The molecule has 2 heterocycles. The van der Waals surface area contributed by atoms with E-state index in [2.05, 4.69) is 10.3 Å². The van der Waals surface area contributed by atoms with Crippen molar-refractivity contribution in [2.45, 2.75) is 6.92 Å². The van der Waals surface area contributed by atoms with Crippen LogP contribution in [0.15, 0.2) is 27.5 Å². The number of nitrogens with zero attached hydrogens (tertiary/aromatic N) is 2. The number of aromatic nitrogens is 2. The lowest BCUT2D eigenvalue weighted by atomic mass is 10.2. The molecule has 0 aliphatic carbocycles. The first-order valence-corrected chi connectivity index (χ1v) is 7.19. The second-order valence-corrected chi connectivity index (χ2v) is 5.89. The molecule has 0 saturated carbocycles. The summed E-state index contributed by atoms with van der Waals surface area (Å²) in [6.45, 7) is 1.64. The molecule has 0 aliphatic rings. The van der Waals surface area contributed by atoms with Crippen molar-refractivity contribution in [3.05, 3.63) is 44.9 Å². The molecule has 0 radical (unpaired) electrons. The predicted octanol–water partition coefficient (Wildman–Crippen LogP) is 2.80. The second kappa shape index (κ2) is 5.01. The number of aryl methyl sites for hydroxylation is 1. The maximum Gasteiger partial charge on any atom is 0.370 e. The number of thiazole rings is 1. The SMILES string of the molecule is Cc1c(C(=O)Nc2nc3ccc(Cl)cc3s2)c(=O)on1C. The summed E-state index contributed by atoms with van der Waals surface area (Å²) >= 11 is 7.19. The molecule has 2 aromatic heterocycles. The summed E-state index contributed by atoms with van der Waals surface area (Å²) in [4.78, 5) is 28.1. The number of anilines is 1. The maximum atomic E-state index is 12.2. The van der Waals surface area contributed by atoms with Crippen molar-refractivity contribution in [2.24, 2.45) is 7.05 Å². The summed E-state index contributed by atoms with van der Waals surface area (Å²) < 4.78 is 6.96. The van der Waals surface area contributed by atoms with Gasteiger partial charge in [-0.25, -0.2) is 14.5 Å². The Labute approximate surface area is 127 Å². The monoisotopic (exact) mass is 323 g/mol. The van der Waals surface area contributed by atoms with Gasteiger partial charge >= 0.3 is 5.63 Å². The van der Waals surface area contributed by atoms with Gasteiger partial charge in [-0.1, -0.05) is 22.9 Å². The van der Waals surface area contributed by atoms with Crippen LogP contribution in [0.2, 0.25) is 5.02 Å². The van der Waals surface area contributed by atoms with Crippen molar-refractivity contribution >= 4 is 44.2 Å². The molecule has 108 valence electrons. The van der Waals surface area contributed by atoms with Crippen LogP contribution in [0.3, 0.4) is 0 Å². The third-order valence-corrected chi connectivity index (χ3v) is 4.22. The number of hydrogen-bond acceptors (Lipinski definition) is 5. The summed E-state index contributed by atoms with van der Waals surface area (Å²) in [6, 6.07) is 5.27. The average Bonchev–Trinajstić information content (AvgIpc) is 2.90. The van der Waals surface area contributed by atoms with Crippen LogP contribution in [0.4, 0.5) is 5.13 Å². The van der Waals surface area contributed by atoms with E-state index >= 15 is 0 Å². The molecular weight excluding hydrogens is 314 g/mol. The summed E-state index contributed by atoms with van der Waals surface area (Å²) in [5, 5.41) is 3.62. The largest absolute Gasteiger partial charge is 0.370 e. The standard InChI is InChI=1S/C13H10ClN3O3S/c1-6-10(12(19)20-17(6)2)11(18)16-13-15-8-4-3-7(14)5-9(8)21-13/h3-5H,1-2H3,(H,15,16,18). The molecule has 3 rings (SSSR count). The van der Waals surface area contributed by atoms with Crippen molar-refractivity contribution < 1.29 is 9.32 Å². The normalized spacial score (nSPS) is 11.0. The van der Waals surface area contributed by atoms with Crippen molar-refractivity contribution in [3.8, 4) is 0 Å². The maximum absolute atomic E-state index is 12.2. The fourth-order valence-corrected chi connectivity index (χ4v) is 3.05. The highest BCUT2D eigenvalue weighted by atomic mass is 35.5. The Hall–Kier alpha value is -2.12. The molecule has 1 aromatic carbocycles. The lowest BCUT2D eigenvalue weighted by Gasteiger charge is -1.98. The first kappa shape index (κ1) is 13.8. The lowest BCUT2D eigenvalue weighted by Crippen LogP contribution is -2.19. The highest BCUT2D eigenvalue weighted by Gasteiger charge is 2.20. The summed E-state index contributed by atoms with van der Waals surface area (Å²) in [6.07, 6.45) is 0. The van der Waals surface area contributed by atoms with Crippen molar-refractivity contribution in [2.75, 3.05) is 5.32 Å². The zero-order valence-electron chi connectivity index (χ0n) is 11.1. The second-order valence-electron chi connectivity index (χ2n) is 4.42. The zero-order valence-corrected chi connectivity index (χ0v) is 12.7. The molecule has 1 amide bonds. The van der Waals surface area contributed by atoms with Crippen LogP contribution in [-0.2, 0) is 7.05 Å². The van der Waals surface area contributed by atoms with Gasteiger partial charge in [-0.3, -0.25) is 10.1 Å². The third-order valence-electron chi connectivity index (χ3n) is 3.06. The lowest BCUT2D eigenvalue weighted by molar-refractivity contribution is 0.102. The van der Waals surface area contributed by atoms with Gasteiger partial charge < -0.3 is 4.52 Å². The van der Waals surface area contributed by atoms with E-state index in [1.165, 1.54) is 16.1 Å². The van der Waals surface area contributed by atoms with Gasteiger partial charge in [0.2, 0.25) is 0 Å². The van der Waals surface area contributed by atoms with E-state index in [9.17, 15) is 9.59 Å². The molecule has 0 atom stereocenters. The number of halogens is 1. The molecule has 1 N–H and O–H groups in total. The molecule has 0 fully saturated rings. The van der Waals surface area contributed by atoms with Crippen LogP contribution in [0.1, 0.15) is 16.1 Å². The number of hydrogen-bond donors (Lipinski definition) is 1. The number of rotatable bonds is 2. The zero-order chi connectivity index (χ0) is 15.1. The van der Waals surface area contributed by atoms with E-state index in [0.29, 0.717) is 15.8 Å². The van der Waals surface area contributed by atoms with Crippen molar-refractivity contribution in [1.29, 1.82) is 0 Å². The van der Waals surface area contributed by atoms with E-state index in [1.54, 1.807) is 32.2 Å². The van der Waals surface area contributed by atoms with Crippen molar-refractivity contribution in [1.82, 2.24) is 9.72 Å². The van der Waals surface area contributed by atoms with Gasteiger partial charge in [-0.15, -0.1) is 0 Å². The first-order valence-electron chi connectivity index (χ1n) is 6.00. The Balaban J connectivity index is 1.94. The summed E-state index contributed by atoms with van der Waals surface area (Å²) in [5.41, 5.74) is 0.504. The third kappa shape index (κ3) is 2.45. The molecule has 6 nitrogen and oxygen atoms in total. The number of fused-ring (bicyclic) bond motifs is 1. The minimum atomic E-state index is -0.670. The van der Waals surface area contributed by atoms with Gasteiger partial charge in [-0.05, 0) is 25.1 Å². The van der Waals surface area contributed by atoms with Crippen LogP contribution >= 0.6 is 22.9 Å². The van der Waals surface area contributed by atoms with Gasteiger partial charge in [0.1, 0.15) is 5.56 Å². The van der Waals surface area contributed by atoms with E-state index in [1.807, 2.05) is 0 Å². The fraction of sp³-hybridized carbons (Fsp3) is 0.154. The molecule has 0 unspecified atom stereocenters. The Morgan fingerprint density at radius 2 is 2.24 bits per heavy atom. The van der Waals surface area contributed by atoms with Gasteiger partial charge in [0, 0.05) is 12.1 Å². The van der Waals surface area contributed by atoms with Gasteiger partial charge in [0.15, 0.2) is 5.13 Å². The molecule has 0 aliphatic heterocycles. The Bertz CT molecular complexity index is 909. The average molecular weight is 324 g/mol. The Morgan fingerprint density at radius 3 is 2.90 bits per heavy atom. The summed E-state index contributed by atoms with van der Waals surface area (Å²) in [5.74, 6) is -0.535. The highest BCUT2D eigenvalue weighted by Crippen LogP contribution is 2.28. The molecule has 21 heavy (non-hydrogen) atoms. The first-order chi connectivity index (χ1) is 9.95. The van der Waals surface area contributed by atoms with Crippen LogP contribution in [0, 0.1) is 6.92 Å². The van der Waals surface area contributed by atoms with Gasteiger partial charge in [0.05, 0.1) is 15.9 Å². The number of carbonyl (C=O) groups is 1. The quantitative estimate of drug-likeness (QED) is 0.786. The van der Waals surface area contributed by atoms with Crippen LogP contribution in [0.25, 0.3) is 10.2 Å². The minimum absolute atomic E-state index is 0.0187. The molecule has 8 heteroatoms. The predicted molar refractivity (Wildman–Crippen MR) is 81.3 cm³/mol. The topological polar surface area (TPSA) is 77.1 Å². The van der Waals surface area contributed by atoms with E-state index in [0.717, 1.165) is 10.2 Å². The fourth-order valence-electron chi connectivity index (χ4n) is 1.91.